The molecular weight excluding hydrogens is 226 g/mol. The van der Waals surface area contributed by atoms with Crippen LogP contribution in [-0.2, 0) is 0 Å². The predicted molar refractivity (Wildman–Crippen MR) is 60.5 cm³/mol. The molecular formula is C11H15NO5. The third-order valence-electron chi connectivity index (χ3n) is 2.36. The van der Waals surface area contributed by atoms with Crippen molar-refractivity contribution < 1.29 is 25.2 Å². The summed E-state index contributed by atoms with van der Waals surface area (Å²) in [5.41, 5.74) is 5.85. The molecule has 17 heavy (non-hydrogen) atoms. The van der Waals surface area contributed by atoms with Gasteiger partial charge in [-0.2, -0.15) is 0 Å². The highest BCUT2D eigenvalue weighted by molar-refractivity contribution is 5.89. The quantitative estimate of drug-likeness (QED) is 0.452. The zero-order valence-corrected chi connectivity index (χ0v) is 9.08. The standard InChI is InChI=1S/C11H15NO5/c12-8-4-6(3-7(5-8)11(16)17)10(15)9(14)1-2-13/h3-5,9-10,13-15H,1-2,12H2,(H,16,17). The Bertz CT molecular complexity index is 407. The van der Waals surface area contributed by atoms with Gasteiger partial charge in [-0.15, -0.1) is 0 Å². The number of hydrogen-bond donors (Lipinski definition) is 5. The summed E-state index contributed by atoms with van der Waals surface area (Å²) in [5.74, 6) is -1.16. The van der Waals surface area contributed by atoms with Gasteiger partial charge >= 0.3 is 5.97 Å². The molecule has 0 amide bonds. The van der Waals surface area contributed by atoms with E-state index < -0.39 is 18.2 Å². The Balaban J connectivity index is 3.01. The summed E-state index contributed by atoms with van der Waals surface area (Å²) < 4.78 is 0. The van der Waals surface area contributed by atoms with Gasteiger partial charge in [0.1, 0.15) is 6.10 Å². The van der Waals surface area contributed by atoms with E-state index in [-0.39, 0.29) is 29.8 Å². The first kappa shape index (κ1) is 13.4. The fourth-order valence-corrected chi connectivity index (χ4v) is 1.48. The van der Waals surface area contributed by atoms with Gasteiger partial charge in [-0.3, -0.25) is 0 Å². The van der Waals surface area contributed by atoms with Crippen molar-refractivity contribution in [2.24, 2.45) is 0 Å². The Morgan fingerprint density at radius 3 is 2.47 bits per heavy atom. The maximum Gasteiger partial charge on any atom is 0.335 e. The molecule has 0 aliphatic heterocycles. The number of aliphatic hydroxyl groups is 3. The Hall–Kier alpha value is -1.63. The van der Waals surface area contributed by atoms with E-state index in [0.717, 1.165) is 0 Å². The summed E-state index contributed by atoms with van der Waals surface area (Å²) in [5, 5.41) is 36.7. The van der Waals surface area contributed by atoms with Gasteiger partial charge in [0.05, 0.1) is 11.7 Å². The second-order valence-electron chi connectivity index (χ2n) is 3.72. The smallest absolute Gasteiger partial charge is 0.335 e. The van der Waals surface area contributed by atoms with Crippen LogP contribution < -0.4 is 5.73 Å². The minimum Gasteiger partial charge on any atom is -0.478 e. The molecule has 94 valence electrons. The van der Waals surface area contributed by atoms with E-state index in [1.54, 1.807) is 0 Å². The van der Waals surface area contributed by atoms with Gasteiger partial charge in [0.15, 0.2) is 0 Å². The van der Waals surface area contributed by atoms with Crippen LogP contribution in [0, 0.1) is 0 Å². The highest BCUT2D eigenvalue weighted by Crippen LogP contribution is 2.22. The molecule has 0 saturated heterocycles. The molecule has 1 rings (SSSR count). The lowest BCUT2D eigenvalue weighted by molar-refractivity contribution is 0.00418. The normalized spacial score (nSPS) is 14.3. The number of carbonyl (C=O) groups is 1. The predicted octanol–water partition coefficient (Wildman–Crippen LogP) is -0.256. The van der Waals surface area contributed by atoms with Crippen molar-refractivity contribution in [3.05, 3.63) is 29.3 Å². The number of hydrogen-bond acceptors (Lipinski definition) is 5. The van der Waals surface area contributed by atoms with E-state index in [4.69, 9.17) is 15.9 Å². The average Bonchev–Trinajstić information content (AvgIpc) is 2.27. The fourth-order valence-electron chi connectivity index (χ4n) is 1.48. The van der Waals surface area contributed by atoms with E-state index in [1.807, 2.05) is 0 Å². The van der Waals surface area contributed by atoms with Crippen LogP contribution in [0.25, 0.3) is 0 Å². The number of nitrogens with two attached hydrogens (primary N) is 1. The molecule has 0 aliphatic carbocycles. The summed E-state index contributed by atoms with van der Waals surface area (Å²) in [7, 11) is 0. The molecule has 0 bridgehead atoms. The third-order valence-corrected chi connectivity index (χ3v) is 2.36. The molecule has 0 saturated carbocycles. The molecule has 6 heteroatoms. The lowest BCUT2D eigenvalue weighted by Gasteiger charge is -2.18. The van der Waals surface area contributed by atoms with Crippen molar-refractivity contribution in [1.82, 2.24) is 0 Å². The second-order valence-corrected chi connectivity index (χ2v) is 3.72. The summed E-state index contributed by atoms with van der Waals surface area (Å²) >= 11 is 0. The van der Waals surface area contributed by atoms with Crippen molar-refractivity contribution in [1.29, 1.82) is 0 Å². The topological polar surface area (TPSA) is 124 Å². The molecule has 6 nitrogen and oxygen atoms in total. The molecule has 0 aromatic heterocycles. The number of carboxylic acids is 1. The largest absolute Gasteiger partial charge is 0.478 e. The van der Waals surface area contributed by atoms with E-state index in [1.165, 1.54) is 18.2 Å². The number of aliphatic hydroxyl groups excluding tert-OH is 3. The number of aromatic carboxylic acids is 1. The van der Waals surface area contributed by atoms with E-state index in [9.17, 15) is 15.0 Å². The van der Waals surface area contributed by atoms with Crippen molar-refractivity contribution in [3.63, 3.8) is 0 Å². The molecule has 1 aromatic rings. The lowest BCUT2D eigenvalue weighted by Crippen LogP contribution is -2.20. The molecule has 6 N–H and O–H groups in total. The molecule has 2 unspecified atom stereocenters. The number of anilines is 1. The van der Waals surface area contributed by atoms with E-state index in [0.29, 0.717) is 0 Å². The minimum atomic E-state index is -1.27. The Morgan fingerprint density at radius 1 is 1.29 bits per heavy atom. The van der Waals surface area contributed by atoms with Crippen LogP contribution in [0.2, 0.25) is 0 Å². The first-order chi connectivity index (χ1) is 7.95. The first-order valence-corrected chi connectivity index (χ1v) is 5.06. The van der Waals surface area contributed by atoms with Crippen molar-refractivity contribution in [2.45, 2.75) is 18.6 Å². The van der Waals surface area contributed by atoms with Gasteiger partial charge in [-0.05, 0) is 30.2 Å². The summed E-state index contributed by atoms with van der Waals surface area (Å²) in [6, 6.07) is 3.89. The van der Waals surface area contributed by atoms with Gasteiger partial charge in [0.25, 0.3) is 0 Å². The lowest BCUT2D eigenvalue weighted by atomic mass is 9.99. The number of carboxylic acid groups (broad SMARTS) is 1. The van der Waals surface area contributed by atoms with Crippen molar-refractivity contribution >= 4 is 11.7 Å². The van der Waals surface area contributed by atoms with Gasteiger partial charge < -0.3 is 26.2 Å². The molecule has 0 spiro atoms. The number of rotatable bonds is 5. The van der Waals surface area contributed by atoms with Gasteiger partial charge in [0.2, 0.25) is 0 Å². The Kier molecular flexibility index (Phi) is 4.45. The van der Waals surface area contributed by atoms with Crippen molar-refractivity contribution in [2.75, 3.05) is 12.3 Å². The number of nitrogen functional groups attached to an aromatic ring is 1. The molecule has 2 atom stereocenters. The summed E-state index contributed by atoms with van der Waals surface area (Å²) in [6.07, 6.45) is -2.44. The van der Waals surface area contributed by atoms with Crippen LogP contribution in [0.4, 0.5) is 5.69 Å². The third kappa shape index (κ3) is 3.42. The number of benzene rings is 1. The van der Waals surface area contributed by atoms with Crippen LogP contribution >= 0.6 is 0 Å². The molecule has 1 aromatic carbocycles. The SMILES string of the molecule is Nc1cc(C(=O)O)cc(C(O)C(O)CCO)c1. The Labute approximate surface area is 97.9 Å². The van der Waals surface area contributed by atoms with Gasteiger partial charge in [0, 0.05) is 12.3 Å². The van der Waals surface area contributed by atoms with E-state index in [2.05, 4.69) is 0 Å². The molecule has 0 heterocycles. The maximum absolute atomic E-state index is 10.8. The molecule has 0 radical (unpaired) electrons. The average molecular weight is 241 g/mol. The van der Waals surface area contributed by atoms with Crippen molar-refractivity contribution in [3.8, 4) is 0 Å². The maximum atomic E-state index is 10.8. The highest BCUT2D eigenvalue weighted by atomic mass is 16.4. The van der Waals surface area contributed by atoms with Crippen LogP contribution in [0.5, 0.6) is 0 Å². The molecule has 0 aliphatic rings. The summed E-state index contributed by atoms with van der Waals surface area (Å²) in [4.78, 5) is 10.8. The van der Waals surface area contributed by atoms with Crippen LogP contribution in [-0.4, -0.2) is 39.1 Å². The van der Waals surface area contributed by atoms with Crippen LogP contribution in [0.1, 0.15) is 28.4 Å². The highest BCUT2D eigenvalue weighted by Gasteiger charge is 2.19. The minimum absolute atomic E-state index is 0.00162. The monoisotopic (exact) mass is 241 g/mol. The van der Waals surface area contributed by atoms with Crippen LogP contribution in [0.3, 0.4) is 0 Å². The zero-order valence-electron chi connectivity index (χ0n) is 9.08. The first-order valence-electron chi connectivity index (χ1n) is 5.06. The fraction of sp³-hybridized carbons (Fsp3) is 0.364. The van der Waals surface area contributed by atoms with Gasteiger partial charge in [-0.1, -0.05) is 0 Å². The molecule has 0 fully saturated rings. The summed E-state index contributed by atoms with van der Waals surface area (Å²) in [6.45, 7) is -0.271. The Morgan fingerprint density at radius 2 is 1.94 bits per heavy atom. The van der Waals surface area contributed by atoms with Crippen LogP contribution in [0.15, 0.2) is 18.2 Å². The van der Waals surface area contributed by atoms with Gasteiger partial charge in [-0.25, -0.2) is 4.79 Å². The van der Waals surface area contributed by atoms with E-state index >= 15 is 0 Å². The second kappa shape index (κ2) is 5.62. The zero-order chi connectivity index (χ0) is 13.0.